The Morgan fingerprint density at radius 3 is 2.56 bits per heavy atom. The van der Waals surface area contributed by atoms with Crippen LogP contribution in [-0.2, 0) is 0 Å². The molecule has 1 aliphatic heterocycles. The van der Waals surface area contributed by atoms with E-state index in [9.17, 15) is 9.59 Å². The number of halogens is 1. The van der Waals surface area contributed by atoms with Gasteiger partial charge < -0.3 is 16.4 Å². The van der Waals surface area contributed by atoms with Gasteiger partial charge in [0, 0.05) is 12.7 Å². The molecular weight excluding hydrogens is 432 g/mol. The Labute approximate surface area is 187 Å². The Kier molecular flexibility index (Phi) is 4.59. The third-order valence-electron chi connectivity index (χ3n) is 5.55. The van der Waals surface area contributed by atoms with Crippen molar-refractivity contribution >= 4 is 40.5 Å². The number of nitrogens with zero attached hydrogens (tertiary/aromatic N) is 6. The van der Waals surface area contributed by atoms with E-state index in [2.05, 4.69) is 9.97 Å². The summed E-state index contributed by atoms with van der Waals surface area (Å²) >= 11 is 6.27. The first-order valence-corrected chi connectivity index (χ1v) is 10.3. The molecular formula is C21H19ClN8O2. The normalized spacial score (nSPS) is 15.7. The predicted molar refractivity (Wildman–Crippen MR) is 121 cm³/mol. The summed E-state index contributed by atoms with van der Waals surface area (Å²) in [7, 11) is 0. The topological polar surface area (TPSA) is 137 Å². The largest absolute Gasteiger partial charge is 0.383 e. The van der Waals surface area contributed by atoms with Crippen LogP contribution in [0.4, 0.5) is 17.6 Å². The minimum atomic E-state index is -0.347. The molecule has 1 aromatic carbocycles. The number of hydrogen-bond acceptors (Lipinski definition) is 8. The van der Waals surface area contributed by atoms with E-state index in [0.29, 0.717) is 35.3 Å². The van der Waals surface area contributed by atoms with Crippen LogP contribution in [0.2, 0.25) is 5.02 Å². The summed E-state index contributed by atoms with van der Waals surface area (Å²) in [5.74, 6) is 0.529. The van der Waals surface area contributed by atoms with E-state index in [1.54, 1.807) is 16.8 Å². The van der Waals surface area contributed by atoms with Gasteiger partial charge in [-0.05, 0) is 31.5 Å². The molecule has 1 saturated heterocycles. The average Bonchev–Trinajstić information content (AvgIpc) is 3.08. The minimum absolute atomic E-state index is 0.0201. The highest BCUT2D eigenvalue weighted by Crippen LogP contribution is 2.39. The third-order valence-corrected chi connectivity index (χ3v) is 5.86. The first kappa shape index (κ1) is 20.0. The first-order valence-electron chi connectivity index (χ1n) is 9.92. The smallest absolute Gasteiger partial charge is 0.284 e. The fourth-order valence-electron chi connectivity index (χ4n) is 4.03. The van der Waals surface area contributed by atoms with Crippen molar-refractivity contribution in [2.75, 3.05) is 22.9 Å². The highest BCUT2D eigenvalue weighted by Gasteiger charge is 2.38. The van der Waals surface area contributed by atoms with Crippen LogP contribution in [0.15, 0.2) is 47.4 Å². The van der Waals surface area contributed by atoms with Gasteiger partial charge in [-0.25, -0.2) is 4.52 Å². The predicted octanol–water partition coefficient (Wildman–Crippen LogP) is 2.25. The maximum Gasteiger partial charge on any atom is 0.284 e. The van der Waals surface area contributed by atoms with Gasteiger partial charge in [-0.3, -0.25) is 14.2 Å². The second-order valence-corrected chi connectivity index (χ2v) is 7.92. The van der Waals surface area contributed by atoms with Crippen molar-refractivity contribution in [3.8, 4) is 5.69 Å². The van der Waals surface area contributed by atoms with Gasteiger partial charge >= 0.3 is 0 Å². The Morgan fingerprint density at radius 1 is 1.16 bits per heavy atom. The van der Waals surface area contributed by atoms with Crippen LogP contribution in [0.25, 0.3) is 11.2 Å². The van der Waals surface area contributed by atoms with Gasteiger partial charge in [0.1, 0.15) is 22.7 Å². The number of carbonyl (C=O) groups is 1. The molecule has 0 radical (unpaired) electrons. The fraction of sp³-hybridized carbons (Fsp3) is 0.190. The number of fused-ring (bicyclic) bond motifs is 1. The van der Waals surface area contributed by atoms with E-state index in [0.717, 1.165) is 0 Å². The molecule has 5 rings (SSSR count). The molecule has 0 amide bonds. The minimum Gasteiger partial charge on any atom is -0.383 e. The molecule has 0 bridgehead atoms. The third kappa shape index (κ3) is 2.99. The molecule has 0 saturated carbocycles. The van der Waals surface area contributed by atoms with Crippen molar-refractivity contribution < 1.29 is 4.79 Å². The van der Waals surface area contributed by atoms with Crippen LogP contribution in [0.5, 0.6) is 0 Å². The molecule has 3 aromatic heterocycles. The number of Topliss-reactive ketones (excluding diaryl/α,β-unsaturated/α-hetero) is 1. The molecule has 1 fully saturated rings. The number of benzene rings is 1. The van der Waals surface area contributed by atoms with Crippen molar-refractivity contribution in [1.29, 1.82) is 0 Å². The quantitative estimate of drug-likeness (QED) is 0.451. The lowest BCUT2D eigenvalue weighted by atomic mass is 10.00. The number of para-hydroxylation sites is 1. The molecule has 4 N–H and O–H groups in total. The SMILES string of the molecule is CC(=O)c1c(N)nc(N)nc1N1CCC1c1nn2ccc(Cl)c2c(=O)n1-c1ccccc1. The van der Waals surface area contributed by atoms with Gasteiger partial charge in [-0.2, -0.15) is 15.1 Å². The number of carbonyl (C=O) groups excluding carboxylic acids is 1. The summed E-state index contributed by atoms with van der Waals surface area (Å²) in [6.07, 6.45) is 2.32. The lowest BCUT2D eigenvalue weighted by molar-refractivity contribution is 0.101. The number of hydrogen-bond donors (Lipinski definition) is 2. The van der Waals surface area contributed by atoms with Gasteiger partial charge in [0.15, 0.2) is 11.6 Å². The number of rotatable bonds is 4. The van der Waals surface area contributed by atoms with Crippen LogP contribution in [0.1, 0.15) is 35.6 Å². The molecule has 1 aliphatic rings. The molecule has 1 atom stereocenters. The number of anilines is 3. The Bertz CT molecular complexity index is 1430. The number of nitrogen functional groups attached to an aromatic ring is 2. The van der Waals surface area contributed by atoms with Crippen molar-refractivity contribution in [3.05, 3.63) is 69.4 Å². The summed E-state index contributed by atoms with van der Waals surface area (Å²) in [5, 5.41) is 5.03. The standard InChI is InChI=1S/C21H19ClN8O2/c1-11(31)15-17(23)25-21(24)26-19(15)28-9-8-14(28)18-27-29-10-7-13(22)16(29)20(32)30(18)12-5-3-2-4-6-12/h2-7,10,14H,8-9H2,1H3,(H4,23,24,25,26). The van der Waals surface area contributed by atoms with E-state index < -0.39 is 0 Å². The first-order chi connectivity index (χ1) is 15.4. The molecule has 32 heavy (non-hydrogen) atoms. The molecule has 0 spiro atoms. The summed E-state index contributed by atoms with van der Waals surface area (Å²) in [5.41, 5.74) is 12.6. The zero-order valence-electron chi connectivity index (χ0n) is 17.1. The van der Waals surface area contributed by atoms with Crippen molar-refractivity contribution in [2.45, 2.75) is 19.4 Å². The zero-order chi connectivity index (χ0) is 22.6. The molecule has 1 unspecified atom stereocenters. The van der Waals surface area contributed by atoms with Crippen LogP contribution in [0.3, 0.4) is 0 Å². The number of ketones is 1. The maximum atomic E-state index is 13.5. The van der Waals surface area contributed by atoms with Crippen LogP contribution >= 0.6 is 11.6 Å². The second kappa shape index (κ2) is 7.34. The van der Waals surface area contributed by atoms with Gasteiger partial charge in [0.05, 0.1) is 16.8 Å². The number of nitrogens with two attached hydrogens (primary N) is 2. The maximum absolute atomic E-state index is 13.5. The van der Waals surface area contributed by atoms with E-state index in [4.69, 9.17) is 28.2 Å². The van der Waals surface area contributed by atoms with Crippen LogP contribution in [0, 0.1) is 0 Å². The summed E-state index contributed by atoms with van der Waals surface area (Å²) in [6, 6.07) is 10.5. The van der Waals surface area contributed by atoms with Gasteiger partial charge in [-0.15, -0.1) is 0 Å². The molecule has 0 aliphatic carbocycles. The van der Waals surface area contributed by atoms with Gasteiger partial charge in [0.2, 0.25) is 5.95 Å². The molecule has 4 aromatic rings. The Balaban J connectivity index is 1.73. The monoisotopic (exact) mass is 450 g/mol. The van der Waals surface area contributed by atoms with E-state index in [1.165, 1.54) is 11.4 Å². The zero-order valence-corrected chi connectivity index (χ0v) is 17.8. The van der Waals surface area contributed by atoms with Crippen LogP contribution in [-0.4, -0.2) is 36.5 Å². The molecule has 10 nitrogen and oxygen atoms in total. The molecule has 4 heterocycles. The highest BCUT2D eigenvalue weighted by molar-refractivity contribution is 6.33. The van der Waals surface area contributed by atoms with E-state index >= 15 is 0 Å². The summed E-state index contributed by atoms with van der Waals surface area (Å²) in [6.45, 7) is 1.98. The number of aromatic nitrogens is 5. The lowest BCUT2D eigenvalue weighted by Gasteiger charge is -2.42. The van der Waals surface area contributed by atoms with Gasteiger partial charge in [-0.1, -0.05) is 29.8 Å². The van der Waals surface area contributed by atoms with Crippen molar-refractivity contribution in [3.63, 3.8) is 0 Å². The second-order valence-electron chi connectivity index (χ2n) is 7.51. The molecule has 162 valence electrons. The summed E-state index contributed by atoms with van der Waals surface area (Å²) in [4.78, 5) is 35.9. The van der Waals surface area contributed by atoms with Crippen LogP contribution < -0.4 is 21.9 Å². The lowest BCUT2D eigenvalue weighted by Crippen LogP contribution is -2.46. The average molecular weight is 451 g/mol. The van der Waals surface area contributed by atoms with E-state index in [1.807, 2.05) is 35.2 Å². The molecule has 11 heteroatoms. The summed E-state index contributed by atoms with van der Waals surface area (Å²) < 4.78 is 3.02. The fourth-order valence-corrected chi connectivity index (χ4v) is 4.25. The van der Waals surface area contributed by atoms with Crippen molar-refractivity contribution in [1.82, 2.24) is 24.1 Å². The highest BCUT2D eigenvalue weighted by atomic mass is 35.5. The Morgan fingerprint density at radius 2 is 1.91 bits per heavy atom. The van der Waals surface area contributed by atoms with Crippen molar-refractivity contribution in [2.24, 2.45) is 0 Å². The van der Waals surface area contributed by atoms with Gasteiger partial charge in [0.25, 0.3) is 5.56 Å². The Hall–Kier alpha value is -3.92. The van der Waals surface area contributed by atoms with E-state index in [-0.39, 0.29) is 40.2 Å².